The number of likely N-dealkylation sites (tertiary alicyclic amines) is 1. The maximum absolute atomic E-state index is 15.0. The molecule has 8 nitrogen and oxygen atoms in total. The van der Waals surface area contributed by atoms with Gasteiger partial charge in [-0.15, -0.1) is 0 Å². The molecule has 0 radical (unpaired) electrons. The van der Waals surface area contributed by atoms with Crippen molar-refractivity contribution in [3.63, 3.8) is 0 Å². The van der Waals surface area contributed by atoms with Crippen LogP contribution in [0.1, 0.15) is 48.8 Å². The summed E-state index contributed by atoms with van der Waals surface area (Å²) in [4.78, 5) is 27.6. The van der Waals surface area contributed by atoms with Gasteiger partial charge in [-0.25, -0.2) is 9.18 Å². The Morgan fingerprint density at radius 1 is 1.07 bits per heavy atom. The van der Waals surface area contributed by atoms with Crippen LogP contribution < -0.4 is 16.4 Å². The van der Waals surface area contributed by atoms with Gasteiger partial charge in [0.2, 0.25) is 5.91 Å². The Bertz CT molecular complexity index is 1470. The number of nitriles is 1. The standard InChI is InChI=1S/C31H31ClFN5O3/c32-23-8-10-24(11-9-23)36-30(41)38-18-25(39)16-28(38)29(40)37-27-15-22(7-12-26(27)33)31(35,14-13-19-1-2-19)21-5-3-20(17-34)4-6-21/h3-12,15,19,25,28,39H,1-2,13-14,16,18,35H2,(H,36,41)(H,37,40). The van der Waals surface area contributed by atoms with Gasteiger partial charge in [0, 0.05) is 23.7 Å². The normalized spacial score (nSPS) is 19.7. The lowest BCUT2D eigenvalue weighted by Crippen LogP contribution is -2.45. The number of carbonyl (C=O) groups excluding carboxylic acids is 2. The van der Waals surface area contributed by atoms with Gasteiger partial charge in [-0.05, 0) is 78.4 Å². The number of nitrogens with zero attached hydrogens (tertiary/aromatic N) is 2. The van der Waals surface area contributed by atoms with E-state index in [2.05, 4.69) is 16.7 Å². The van der Waals surface area contributed by atoms with E-state index in [0.29, 0.717) is 34.2 Å². The third kappa shape index (κ3) is 6.51. The van der Waals surface area contributed by atoms with Gasteiger partial charge in [-0.2, -0.15) is 5.26 Å². The van der Waals surface area contributed by atoms with E-state index in [1.807, 2.05) is 12.1 Å². The van der Waals surface area contributed by atoms with Gasteiger partial charge < -0.3 is 26.4 Å². The molecule has 1 saturated carbocycles. The number of aliphatic hydroxyl groups excluding tert-OH is 1. The molecule has 10 heteroatoms. The molecule has 3 atom stereocenters. The highest BCUT2D eigenvalue weighted by molar-refractivity contribution is 6.30. The summed E-state index contributed by atoms with van der Waals surface area (Å²) in [5, 5.41) is 25.3. The predicted octanol–water partition coefficient (Wildman–Crippen LogP) is 5.35. The second kappa shape index (κ2) is 11.9. The zero-order chi connectivity index (χ0) is 29.1. The van der Waals surface area contributed by atoms with Crippen LogP contribution in [0.3, 0.4) is 0 Å². The molecule has 2 aliphatic rings. The molecule has 3 aromatic carbocycles. The first-order valence-electron chi connectivity index (χ1n) is 13.6. The summed E-state index contributed by atoms with van der Waals surface area (Å²) in [5.74, 6) is -0.667. The van der Waals surface area contributed by atoms with Crippen molar-refractivity contribution in [2.24, 2.45) is 11.7 Å². The highest BCUT2D eigenvalue weighted by atomic mass is 35.5. The van der Waals surface area contributed by atoms with Crippen molar-refractivity contribution in [2.45, 2.75) is 49.8 Å². The van der Waals surface area contributed by atoms with Crippen molar-refractivity contribution in [3.8, 4) is 6.07 Å². The summed E-state index contributed by atoms with van der Waals surface area (Å²) in [6.45, 7) is -0.0498. The van der Waals surface area contributed by atoms with Crippen LogP contribution in [0.4, 0.5) is 20.6 Å². The van der Waals surface area contributed by atoms with E-state index < -0.39 is 35.4 Å². The van der Waals surface area contributed by atoms with Crippen molar-refractivity contribution >= 4 is 34.9 Å². The summed E-state index contributed by atoms with van der Waals surface area (Å²) in [7, 11) is 0. The minimum Gasteiger partial charge on any atom is -0.391 e. The van der Waals surface area contributed by atoms with E-state index in [0.717, 1.165) is 24.8 Å². The molecule has 3 amide bonds. The summed E-state index contributed by atoms with van der Waals surface area (Å²) >= 11 is 5.91. The van der Waals surface area contributed by atoms with Crippen molar-refractivity contribution < 1.29 is 19.1 Å². The molecular weight excluding hydrogens is 545 g/mol. The number of halogens is 2. The van der Waals surface area contributed by atoms with Crippen LogP contribution in [0.25, 0.3) is 0 Å². The Balaban J connectivity index is 1.37. The quantitative estimate of drug-likeness (QED) is 0.287. The van der Waals surface area contributed by atoms with Crippen LogP contribution in [0.2, 0.25) is 5.02 Å². The third-order valence-corrected chi connectivity index (χ3v) is 8.10. The van der Waals surface area contributed by atoms with Crippen molar-refractivity contribution in [2.75, 3.05) is 17.2 Å². The number of benzene rings is 3. The molecule has 1 heterocycles. The number of β-amino-alcohol motifs (C(OH)–C–C–N with tert-alkyl or cyclic N) is 1. The number of nitrogens with two attached hydrogens (primary N) is 1. The molecule has 3 aromatic rings. The fourth-order valence-electron chi connectivity index (χ4n) is 5.27. The maximum atomic E-state index is 15.0. The van der Waals surface area contributed by atoms with Crippen LogP contribution in [0, 0.1) is 23.1 Å². The van der Waals surface area contributed by atoms with Gasteiger partial charge in [-0.3, -0.25) is 4.79 Å². The molecule has 0 spiro atoms. The van der Waals surface area contributed by atoms with E-state index >= 15 is 4.39 Å². The predicted molar refractivity (Wildman–Crippen MR) is 155 cm³/mol. The minimum atomic E-state index is -1.02. The zero-order valence-corrected chi connectivity index (χ0v) is 23.1. The van der Waals surface area contributed by atoms with Gasteiger partial charge in [0.15, 0.2) is 0 Å². The van der Waals surface area contributed by atoms with Crippen LogP contribution >= 0.6 is 11.6 Å². The van der Waals surface area contributed by atoms with Gasteiger partial charge >= 0.3 is 6.03 Å². The fourth-order valence-corrected chi connectivity index (χ4v) is 5.39. The molecule has 2 fully saturated rings. The Morgan fingerprint density at radius 2 is 1.76 bits per heavy atom. The average Bonchev–Trinajstić information content (AvgIpc) is 3.72. The zero-order valence-electron chi connectivity index (χ0n) is 22.3. The lowest BCUT2D eigenvalue weighted by molar-refractivity contribution is -0.119. The number of anilines is 2. The van der Waals surface area contributed by atoms with E-state index in [1.165, 1.54) is 17.0 Å². The SMILES string of the molecule is N#Cc1ccc(C(N)(CCC2CC2)c2ccc(F)c(NC(=O)C3CC(O)CN3C(=O)Nc3ccc(Cl)cc3)c2)cc1. The van der Waals surface area contributed by atoms with Crippen LogP contribution in [-0.4, -0.2) is 40.6 Å². The lowest BCUT2D eigenvalue weighted by Gasteiger charge is -2.32. The molecule has 3 unspecified atom stereocenters. The number of carbonyl (C=O) groups is 2. The summed E-state index contributed by atoms with van der Waals surface area (Å²) in [6.07, 6.45) is 2.92. The smallest absolute Gasteiger partial charge is 0.322 e. The largest absolute Gasteiger partial charge is 0.391 e. The highest BCUT2D eigenvalue weighted by Gasteiger charge is 2.40. The number of hydrogen-bond donors (Lipinski definition) is 4. The van der Waals surface area contributed by atoms with E-state index in [9.17, 15) is 20.0 Å². The fraction of sp³-hybridized carbons (Fsp3) is 0.323. The molecule has 1 aliphatic heterocycles. The first-order chi connectivity index (χ1) is 19.7. The second-order valence-electron chi connectivity index (χ2n) is 10.8. The molecule has 5 rings (SSSR count). The molecule has 1 saturated heterocycles. The van der Waals surface area contributed by atoms with Gasteiger partial charge in [0.25, 0.3) is 0 Å². The van der Waals surface area contributed by atoms with Crippen LogP contribution in [0.5, 0.6) is 0 Å². The van der Waals surface area contributed by atoms with Gasteiger partial charge in [0.1, 0.15) is 11.9 Å². The van der Waals surface area contributed by atoms with Crippen LogP contribution in [-0.2, 0) is 10.3 Å². The lowest BCUT2D eigenvalue weighted by atomic mass is 9.79. The first kappa shape index (κ1) is 28.6. The first-order valence-corrected chi connectivity index (χ1v) is 14.0. The molecule has 41 heavy (non-hydrogen) atoms. The number of aliphatic hydroxyl groups is 1. The number of hydrogen-bond acceptors (Lipinski definition) is 5. The van der Waals surface area contributed by atoms with Gasteiger partial charge in [-0.1, -0.05) is 42.6 Å². The van der Waals surface area contributed by atoms with E-state index in [1.54, 1.807) is 42.5 Å². The second-order valence-corrected chi connectivity index (χ2v) is 11.3. The van der Waals surface area contributed by atoms with Crippen LogP contribution in [0.15, 0.2) is 66.7 Å². The maximum Gasteiger partial charge on any atom is 0.322 e. The Morgan fingerprint density at radius 3 is 2.41 bits per heavy atom. The number of nitrogens with one attached hydrogen (secondary N) is 2. The third-order valence-electron chi connectivity index (χ3n) is 7.85. The monoisotopic (exact) mass is 575 g/mol. The molecular formula is C31H31ClFN5O3. The number of amides is 3. The average molecular weight is 576 g/mol. The summed E-state index contributed by atoms with van der Waals surface area (Å²) in [5.41, 5.74) is 8.36. The minimum absolute atomic E-state index is 0.00857. The van der Waals surface area contributed by atoms with Crippen molar-refractivity contribution in [3.05, 3.63) is 94.3 Å². The molecule has 212 valence electrons. The molecule has 5 N–H and O–H groups in total. The highest BCUT2D eigenvalue weighted by Crippen LogP contribution is 2.40. The molecule has 1 aliphatic carbocycles. The molecule has 0 aromatic heterocycles. The number of urea groups is 1. The van der Waals surface area contributed by atoms with E-state index in [-0.39, 0.29) is 18.7 Å². The Hall–Kier alpha value is -3.97. The van der Waals surface area contributed by atoms with Gasteiger partial charge in [0.05, 0.1) is 29.0 Å². The molecule has 0 bridgehead atoms. The summed E-state index contributed by atoms with van der Waals surface area (Å²) < 4.78 is 15.0. The topological polar surface area (TPSA) is 131 Å². The van der Waals surface area contributed by atoms with Crippen molar-refractivity contribution in [1.82, 2.24) is 4.90 Å². The Labute approximate surface area is 242 Å². The van der Waals surface area contributed by atoms with Crippen molar-refractivity contribution in [1.29, 1.82) is 5.26 Å². The number of rotatable bonds is 8. The Kier molecular flexibility index (Phi) is 8.27. The summed E-state index contributed by atoms with van der Waals surface area (Å²) in [6, 6.07) is 18.4. The van der Waals surface area contributed by atoms with E-state index in [4.69, 9.17) is 17.3 Å².